The highest BCUT2D eigenvalue weighted by molar-refractivity contribution is 5.87. The molecule has 19 heavy (non-hydrogen) atoms. The van der Waals surface area contributed by atoms with Crippen molar-refractivity contribution in [2.24, 2.45) is 5.92 Å². The van der Waals surface area contributed by atoms with Crippen molar-refractivity contribution < 1.29 is 9.53 Å². The third-order valence-corrected chi connectivity index (χ3v) is 3.83. The number of rotatable bonds is 4. The predicted octanol–water partition coefficient (Wildman–Crippen LogP) is 2.59. The number of H-pyrrole nitrogens is 1. The predicted molar refractivity (Wildman–Crippen MR) is 74.0 cm³/mol. The van der Waals surface area contributed by atoms with Gasteiger partial charge < -0.3 is 15.0 Å². The van der Waals surface area contributed by atoms with Gasteiger partial charge in [0, 0.05) is 22.5 Å². The molecular weight excluding hydrogens is 240 g/mol. The van der Waals surface area contributed by atoms with Crippen molar-refractivity contribution >= 4 is 16.8 Å². The SMILES string of the molecule is COc1cccc2[nH]c(CNC(=O)C3CCC3)cc12. The molecule has 1 aromatic carbocycles. The maximum atomic E-state index is 11.8. The lowest BCUT2D eigenvalue weighted by molar-refractivity contribution is -0.127. The first-order valence-electron chi connectivity index (χ1n) is 6.70. The van der Waals surface area contributed by atoms with Gasteiger partial charge in [0.2, 0.25) is 5.91 Å². The number of carbonyl (C=O) groups is 1. The van der Waals surface area contributed by atoms with E-state index in [9.17, 15) is 4.79 Å². The fraction of sp³-hybridized carbons (Fsp3) is 0.400. The molecule has 0 saturated heterocycles. The van der Waals surface area contributed by atoms with Crippen LogP contribution in [0, 0.1) is 5.92 Å². The molecule has 0 atom stereocenters. The largest absolute Gasteiger partial charge is 0.496 e. The second kappa shape index (κ2) is 4.96. The number of nitrogens with one attached hydrogen (secondary N) is 2. The van der Waals surface area contributed by atoms with Crippen molar-refractivity contribution in [2.75, 3.05) is 7.11 Å². The van der Waals surface area contributed by atoms with Crippen molar-refractivity contribution in [3.05, 3.63) is 30.0 Å². The highest BCUT2D eigenvalue weighted by Crippen LogP contribution is 2.27. The number of benzene rings is 1. The van der Waals surface area contributed by atoms with Crippen LogP contribution < -0.4 is 10.1 Å². The Balaban J connectivity index is 1.72. The normalized spacial score (nSPS) is 15.2. The van der Waals surface area contributed by atoms with Crippen molar-refractivity contribution in [3.8, 4) is 5.75 Å². The summed E-state index contributed by atoms with van der Waals surface area (Å²) < 4.78 is 5.32. The van der Waals surface area contributed by atoms with Gasteiger partial charge in [-0.2, -0.15) is 0 Å². The van der Waals surface area contributed by atoms with Gasteiger partial charge in [-0.1, -0.05) is 12.5 Å². The highest BCUT2D eigenvalue weighted by Gasteiger charge is 2.24. The van der Waals surface area contributed by atoms with Crippen molar-refractivity contribution in [1.82, 2.24) is 10.3 Å². The molecule has 0 radical (unpaired) electrons. The second-order valence-electron chi connectivity index (χ2n) is 5.06. The molecule has 2 aromatic rings. The molecule has 0 bridgehead atoms. The number of methoxy groups -OCH3 is 1. The van der Waals surface area contributed by atoms with Crippen LogP contribution >= 0.6 is 0 Å². The van der Waals surface area contributed by atoms with Crippen LogP contribution in [0.1, 0.15) is 25.0 Å². The zero-order chi connectivity index (χ0) is 13.2. The van der Waals surface area contributed by atoms with Gasteiger partial charge in [-0.15, -0.1) is 0 Å². The summed E-state index contributed by atoms with van der Waals surface area (Å²) in [4.78, 5) is 15.1. The van der Waals surface area contributed by atoms with E-state index in [4.69, 9.17) is 4.74 Å². The van der Waals surface area contributed by atoms with Crippen LogP contribution in [-0.2, 0) is 11.3 Å². The van der Waals surface area contributed by atoms with E-state index in [2.05, 4.69) is 10.3 Å². The molecule has 100 valence electrons. The second-order valence-corrected chi connectivity index (χ2v) is 5.06. The van der Waals surface area contributed by atoms with Crippen molar-refractivity contribution in [1.29, 1.82) is 0 Å². The Bertz CT molecular complexity index is 599. The molecule has 1 aliphatic carbocycles. The van der Waals surface area contributed by atoms with Gasteiger partial charge in [0.1, 0.15) is 5.75 Å². The fourth-order valence-electron chi connectivity index (χ4n) is 2.46. The third-order valence-electron chi connectivity index (χ3n) is 3.83. The van der Waals surface area contributed by atoms with Gasteiger partial charge in [0.25, 0.3) is 0 Å². The average Bonchev–Trinajstić information content (AvgIpc) is 2.76. The van der Waals surface area contributed by atoms with E-state index in [-0.39, 0.29) is 11.8 Å². The molecule has 0 spiro atoms. The van der Waals surface area contributed by atoms with E-state index in [0.29, 0.717) is 6.54 Å². The van der Waals surface area contributed by atoms with Crippen LogP contribution in [0.25, 0.3) is 10.9 Å². The van der Waals surface area contributed by atoms with E-state index >= 15 is 0 Å². The van der Waals surface area contributed by atoms with Crippen LogP contribution in [0.15, 0.2) is 24.3 Å². The Morgan fingerprint density at radius 1 is 1.47 bits per heavy atom. The Kier molecular flexibility index (Phi) is 3.15. The number of ether oxygens (including phenoxy) is 1. The average molecular weight is 258 g/mol. The van der Waals surface area contributed by atoms with Gasteiger partial charge in [-0.3, -0.25) is 4.79 Å². The molecule has 4 heteroatoms. The van der Waals surface area contributed by atoms with Gasteiger partial charge in [0.15, 0.2) is 0 Å². The van der Waals surface area contributed by atoms with Gasteiger partial charge in [-0.25, -0.2) is 0 Å². The number of amides is 1. The van der Waals surface area contributed by atoms with Gasteiger partial charge >= 0.3 is 0 Å². The van der Waals surface area contributed by atoms with Crippen LogP contribution in [0.4, 0.5) is 0 Å². The Morgan fingerprint density at radius 2 is 2.32 bits per heavy atom. The summed E-state index contributed by atoms with van der Waals surface area (Å²) >= 11 is 0. The minimum Gasteiger partial charge on any atom is -0.496 e. The minimum atomic E-state index is 0.178. The summed E-state index contributed by atoms with van der Waals surface area (Å²) in [6.45, 7) is 0.549. The summed E-state index contributed by atoms with van der Waals surface area (Å²) in [6.07, 6.45) is 3.25. The monoisotopic (exact) mass is 258 g/mol. The van der Waals surface area contributed by atoms with E-state index in [1.54, 1.807) is 7.11 Å². The fourth-order valence-corrected chi connectivity index (χ4v) is 2.46. The molecule has 2 N–H and O–H groups in total. The van der Waals surface area contributed by atoms with Crippen LogP contribution in [0.3, 0.4) is 0 Å². The maximum Gasteiger partial charge on any atom is 0.223 e. The quantitative estimate of drug-likeness (QED) is 0.885. The number of aromatic amines is 1. The Morgan fingerprint density at radius 3 is 3.00 bits per heavy atom. The summed E-state index contributed by atoms with van der Waals surface area (Å²) in [5.74, 6) is 1.26. The molecule has 0 aliphatic heterocycles. The molecule has 1 amide bonds. The van der Waals surface area contributed by atoms with E-state index in [0.717, 1.165) is 35.2 Å². The first-order chi connectivity index (χ1) is 9.28. The zero-order valence-corrected chi connectivity index (χ0v) is 11.0. The highest BCUT2D eigenvalue weighted by atomic mass is 16.5. The van der Waals surface area contributed by atoms with E-state index in [1.807, 2.05) is 24.3 Å². The Labute approximate surface area is 112 Å². The van der Waals surface area contributed by atoms with Crippen LogP contribution in [0.5, 0.6) is 5.75 Å². The van der Waals surface area contributed by atoms with Crippen molar-refractivity contribution in [3.63, 3.8) is 0 Å². The molecule has 1 aromatic heterocycles. The lowest BCUT2D eigenvalue weighted by atomic mass is 9.85. The lowest BCUT2D eigenvalue weighted by Gasteiger charge is -2.23. The van der Waals surface area contributed by atoms with Crippen LogP contribution in [0.2, 0.25) is 0 Å². The molecule has 1 saturated carbocycles. The summed E-state index contributed by atoms with van der Waals surface area (Å²) in [6, 6.07) is 7.94. The van der Waals surface area contributed by atoms with E-state index in [1.165, 1.54) is 6.42 Å². The van der Waals surface area contributed by atoms with Gasteiger partial charge in [-0.05, 0) is 31.0 Å². The number of hydrogen-bond acceptors (Lipinski definition) is 2. The van der Waals surface area contributed by atoms with E-state index < -0.39 is 0 Å². The topological polar surface area (TPSA) is 54.1 Å². The smallest absolute Gasteiger partial charge is 0.223 e. The van der Waals surface area contributed by atoms with Crippen molar-refractivity contribution in [2.45, 2.75) is 25.8 Å². The number of fused-ring (bicyclic) bond motifs is 1. The van der Waals surface area contributed by atoms with Crippen LogP contribution in [-0.4, -0.2) is 18.0 Å². The first-order valence-corrected chi connectivity index (χ1v) is 6.70. The molecule has 0 unspecified atom stereocenters. The maximum absolute atomic E-state index is 11.8. The summed E-state index contributed by atoms with van der Waals surface area (Å²) in [5, 5.41) is 4.04. The molecule has 1 heterocycles. The first kappa shape index (κ1) is 12.1. The molecular formula is C15H18N2O2. The molecule has 4 nitrogen and oxygen atoms in total. The number of carbonyl (C=O) groups excluding carboxylic acids is 1. The zero-order valence-electron chi connectivity index (χ0n) is 11.0. The minimum absolute atomic E-state index is 0.178. The molecule has 1 fully saturated rings. The Hall–Kier alpha value is -1.97. The molecule has 1 aliphatic rings. The standard InChI is InChI=1S/C15H18N2O2/c1-19-14-7-3-6-13-12(14)8-11(17-13)9-16-15(18)10-4-2-5-10/h3,6-8,10,17H,2,4-5,9H2,1H3,(H,16,18). The third kappa shape index (κ3) is 2.30. The van der Waals surface area contributed by atoms with Gasteiger partial charge in [0.05, 0.1) is 13.7 Å². The summed E-state index contributed by atoms with van der Waals surface area (Å²) in [5.41, 5.74) is 2.04. The summed E-state index contributed by atoms with van der Waals surface area (Å²) in [7, 11) is 1.67. The number of aromatic nitrogens is 1. The molecule has 3 rings (SSSR count). The lowest BCUT2D eigenvalue weighted by Crippen LogP contribution is -2.34. The number of hydrogen-bond donors (Lipinski definition) is 2.